The minimum atomic E-state index is -3.50. The van der Waals surface area contributed by atoms with E-state index in [4.69, 9.17) is 4.99 Å². The van der Waals surface area contributed by atoms with Gasteiger partial charge < -0.3 is 9.80 Å². The Hall–Kier alpha value is -1.06. The van der Waals surface area contributed by atoms with Gasteiger partial charge in [0, 0.05) is 44.7 Å². The molecule has 2 saturated heterocycles. The molecule has 188 valence electrons. The second-order valence-corrected chi connectivity index (χ2v) is 15.3. The van der Waals surface area contributed by atoms with Crippen molar-refractivity contribution in [3.8, 4) is 0 Å². The van der Waals surface area contributed by atoms with Crippen LogP contribution in [-0.4, -0.2) is 77.9 Å². The topological polar surface area (TPSA) is 82.1 Å². The van der Waals surface area contributed by atoms with Crippen molar-refractivity contribution in [2.45, 2.75) is 91.3 Å². The Morgan fingerprint density at radius 2 is 1.79 bits per heavy atom. The summed E-state index contributed by atoms with van der Waals surface area (Å²) in [6.07, 6.45) is 0.671. The molecule has 0 aromatic rings. The average molecular weight is 499 g/mol. The van der Waals surface area contributed by atoms with Crippen LogP contribution >= 0.6 is 11.8 Å². The van der Waals surface area contributed by atoms with Crippen LogP contribution in [-0.2, 0) is 14.8 Å². The number of carbonyl (C=O) groups excluding carboxylic acids is 1. The minimum Gasteiger partial charge on any atom is -0.340 e. The summed E-state index contributed by atoms with van der Waals surface area (Å²) in [6, 6.07) is -0.138. The summed E-state index contributed by atoms with van der Waals surface area (Å²) >= 11 is 1.87. The van der Waals surface area contributed by atoms with Crippen LogP contribution in [0.5, 0.6) is 0 Å². The van der Waals surface area contributed by atoms with Gasteiger partial charge in [-0.05, 0) is 29.1 Å². The second kappa shape index (κ2) is 9.19. The molecule has 0 spiro atoms. The number of hydrogen-bond donors (Lipinski definition) is 1. The number of nitrogens with one attached hydrogen (secondary N) is 1. The number of amidine groups is 1. The molecule has 0 bridgehead atoms. The summed E-state index contributed by atoms with van der Waals surface area (Å²) in [5.74, 6) is 2.00. The predicted octanol–water partition coefficient (Wildman–Crippen LogP) is 3.48. The summed E-state index contributed by atoms with van der Waals surface area (Å²) in [6.45, 7) is 20.4. The molecule has 1 amide bonds. The van der Waals surface area contributed by atoms with Gasteiger partial charge in [-0.25, -0.2) is 13.1 Å². The maximum absolute atomic E-state index is 13.0. The Kier molecular flexibility index (Phi) is 7.39. The van der Waals surface area contributed by atoms with E-state index >= 15 is 0 Å². The van der Waals surface area contributed by atoms with Crippen molar-refractivity contribution in [3.63, 3.8) is 0 Å². The van der Waals surface area contributed by atoms with Crippen LogP contribution in [0.1, 0.15) is 68.7 Å². The minimum absolute atomic E-state index is 0.0385. The van der Waals surface area contributed by atoms with Crippen molar-refractivity contribution >= 4 is 33.5 Å². The van der Waals surface area contributed by atoms with Gasteiger partial charge in [-0.15, -0.1) is 0 Å². The maximum atomic E-state index is 13.0. The van der Waals surface area contributed by atoms with Crippen molar-refractivity contribution in [3.05, 3.63) is 11.3 Å². The second-order valence-electron chi connectivity index (χ2n) is 11.7. The molecule has 9 heteroatoms. The van der Waals surface area contributed by atoms with Crippen molar-refractivity contribution in [1.29, 1.82) is 0 Å². The number of sulfonamides is 1. The summed E-state index contributed by atoms with van der Waals surface area (Å²) < 4.78 is 29.1. The number of nitrogens with zero attached hydrogens (tertiary/aromatic N) is 3. The molecule has 0 radical (unpaired) electrons. The standard InChI is InChI=1S/C24H42N4O3S2/c1-10-32-15(2)22-25-21(24(7,8)9)20(23(4,5)6)19-11-17(12-28(19)22)26-33(30,31)18-13-27(14-18)16(3)29/h15,17-18,21,26H,10-14H2,1-9H3. The molecule has 3 unspecified atom stereocenters. The van der Waals surface area contributed by atoms with Crippen molar-refractivity contribution in [1.82, 2.24) is 14.5 Å². The lowest BCUT2D eigenvalue weighted by Gasteiger charge is -2.44. The quantitative estimate of drug-likeness (QED) is 0.606. The normalized spacial score (nSPS) is 25.7. The molecule has 0 aromatic heterocycles. The lowest BCUT2D eigenvalue weighted by atomic mass is 9.71. The fourth-order valence-corrected chi connectivity index (χ4v) is 7.47. The Labute approximate surface area is 204 Å². The first-order chi connectivity index (χ1) is 15.1. The van der Waals surface area contributed by atoms with Gasteiger partial charge in [0.1, 0.15) is 11.1 Å². The van der Waals surface area contributed by atoms with Crippen molar-refractivity contribution in [2.24, 2.45) is 15.8 Å². The summed E-state index contributed by atoms with van der Waals surface area (Å²) in [5, 5.41) is -0.289. The average Bonchev–Trinajstić information content (AvgIpc) is 2.98. The first-order valence-electron chi connectivity index (χ1n) is 12.0. The molecule has 1 N–H and O–H groups in total. The third-order valence-corrected chi connectivity index (χ3v) is 9.64. The van der Waals surface area contributed by atoms with Gasteiger partial charge in [0.25, 0.3) is 0 Å². The van der Waals surface area contributed by atoms with Crippen molar-refractivity contribution in [2.75, 3.05) is 25.4 Å². The van der Waals surface area contributed by atoms with Crippen LogP contribution in [0.15, 0.2) is 16.3 Å². The molecular weight excluding hydrogens is 456 g/mol. The highest BCUT2D eigenvalue weighted by Crippen LogP contribution is 2.46. The van der Waals surface area contributed by atoms with Gasteiger partial charge in [-0.3, -0.25) is 9.79 Å². The summed E-state index contributed by atoms with van der Waals surface area (Å²) in [5.41, 5.74) is 2.44. The van der Waals surface area contributed by atoms with Crippen LogP contribution in [0.2, 0.25) is 0 Å². The maximum Gasteiger partial charge on any atom is 0.219 e. The predicted molar refractivity (Wildman–Crippen MR) is 138 cm³/mol. The Bertz CT molecular complexity index is 938. The molecule has 33 heavy (non-hydrogen) atoms. The molecule has 2 fully saturated rings. The molecule has 0 aromatic carbocycles. The monoisotopic (exact) mass is 498 g/mol. The first-order valence-corrected chi connectivity index (χ1v) is 14.6. The number of likely N-dealkylation sites (tertiary alicyclic amines) is 1. The first kappa shape index (κ1) is 26.5. The Balaban J connectivity index is 1.93. The Morgan fingerprint density at radius 1 is 1.18 bits per heavy atom. The van der Waals surface area contributed by atoms with Gasteiger partial charge >= 0.3 is 0 Å². The highest BCUT2D eigenvalue weighted by Gasteiger charge is 2.47. The SMILES string of the molecule is CCSC(C)C1=NC(C(C)(C)C)C(C(C)(C)C)=C2CC(NS(=O)(=O)C3CN(C(C)=O)C3)CN12. The van der Waals surface area contributed by atoms with E-state index in [-0.39, 0.29) is 47.2 Å². The van der Waals surface area contributed by atoms with Crippen LogP contribution in [0, 0.1) is 10.8 Å². The van der Waals surface area contributed by atoms with E-state index in [1.54, 1.807) is 4.90 Å². The van der Waals surface area contributed by atoms with Crippen LogP contribution < -0.4 is 4.72 Å². The molecule has 3 atom stereocenters. The zero-order chi connectivity index (χ0) is 24.9. The van der Waals surface area contributed by atoms with E-state index in [2.05, 4.69) is 65.0 Å². The zero-order valence-corrected chi connectivity index (χ0v) is 23.4. The van der Waals surface area contributed by atoms with Crippen LogP contribution in [0.4, 0.5) is 0 Å². The number of amides is 1. The van der Waals surface area contributed by atoms with Gasteiger partial charge in [-0.2, -0.15) is 11.8 Å². The van der Waals surface area contributed by atoms with E-state index in [0.29, 0.717) is 13.0 Å². The highest BCUT2D eigenvalue weighted by molar-refractivity contribution is 8.00. The van der Waals surface area contributed by atoms with Gasteiger partial charge in [0.15, 0.2) is 0 Å². The van der Waals surface area contributed by atoms with Crippen molar-refractivity contribution < 1.29 is 13.2 Å². The van der Waals surface area contributed by atoms with Crippen LogP contribution in [0.3, 0.4) is 0 Å². The van der Waals surface area contributed by atoms with E-state index < -0.39 is 15.3 Å². The molecule has 3 rings (SSSR count). The van der Waals surface area contributed by atoms with E-state index in [0.717, 1.165) is 11.6 Å². The van der Waals surface area contributed by atoms with Gasteiger partial charge in [-0.1, -0.05) is 48.5 Å². The summed E-state index contributed by atoms with van der Waals surface area (Å²) in [4.78, 5) is 20.7. The third-order valence-electron chi connectivity index (χ3n) is 6.76. The van der Waals surface area contributed by atoms with E-state index in [1.165, 1.54) is 18.2 Å². The molecule has 3 aliphatic rings. The third kappa shape index (κ3) is 5.45. The molecule has 7 nitrogen and oxygen atoms in total. The molecule has 0 saturated carbocycles. The van der Waals surface area contributed by atoms with Gasteiger partial charge in [0.2, 0.25) is 15.9 Å². The summed E-state index contributed by atoms with van der Waals surface area (Å²) in [7, 11) is -3.50. The molecular formula is C24H42N4O3S2. The number of fused-ring (bicyclic) bond motifs is 1. The lowest BCUT2D eigenvalue weighted by Crippen LogP contribution is -2.60. The van der Waals surface area contributed by atoms with E-state index in [9.17, 15) is 13.2 Å². The number of carbonyl (C=O) groups is 1. The zero-order valence-electron chi connectivity index (χ0n) is 21.7. The number of rotatable bonds is 6. The number of hydrogen-bond acceptors (Lipinski definition) is 6. The molecule has 3 aliphatic heterocycles. The largest absolute Gasteiger partial charge is 0.340 e. The number of thioether (sulfide) groups is 1. The fourth-order valence-electron chi connectivity index (χ4n) is 5.07. The molecule has 0 aliphatic carbocycles. The highest BCUT2D eigenvalue weighted by atomic mass is 32.2. The van der Waals surface area contributed by atoms with E-state index in [1.807, 2.05) is 11.8 Å². The Morgan fingerprint density at radius 3 is 2.27 bits per heavy atom. The van der Waals surface area contributed by atoms with Crippen LogP contribution in [0.25, 0.3) is 0 Å². The molecule has 3 heterocycles. The smallest absolute Gasteiger partial charge is 0.219 e. The van der Waals surface area contributed by atoms with Gasteiger partial charge in [0.05, 0.1) is 11.3 Å². The number of aliphatic imine (C=N–C) groups is 1. The fraction of sp³-hybridized carbons (Fsp3) is 0.833. The lowest BCUT2D eigenvalue weighted by molar-refractivity contribution is -0.131.